The van der Waals surface area contributed by atoms with Gasteiger partial charge in [0.1, 0.15) is 5.70 Å². The van der Waals surface area contributed by atoms with Gasteiger partial charge in [-0.3, -0.25) is 9.59 Å². The Morgan fingerprint density at radius 1 is 1.08 bits per heavy atom. The van der Waals surface area contributed by atoms with Crippen molar-refractivity contribution in [1.82, 2.24) is 4.90 Å². The van der Waals surface area contributed by atoms with Gasteiger partial charge in [-0.05, 0) is 30.2 Å². The molecule has 0 saturated carbocycles. The molecule has 0 fully saturated rings. The molecule has 2 aromatic rings. The maximum Gasteiger partial charge on any atom is 0.282 e. The Morgan fingerprint density at radius 3 is 2.42 bits per heavy atom. The molecule has 0 saturated heterocycles. The van der Waals surface area contributed by atoms with Gasteiger partial charge in [0.25, 0.3) is 11.8 Å². The number of carbonyl (C=O) groups is 2. The average Bonchev–Trinajstić information content (AvgIpc) is 2.89. The van der Waals surface area contributed by atoms with Crippen LogP contribution < -0.4 is 4.90 Å². The molecule has 1 aliphatic rings. The maximum absolute atomic E-state index is 13.2. The van der Waals surface area contributed by atoms with Gasteiger partial charge in [-0.2, -0.15) is 0 Å². The van der Waals surface area contributed by atoms with Crippen LogP contribution in [0.4, 0.5) is 5.69 Å². The third kappa shape index (κ3) is 3.11. The normalized spacial score (nSPS) is 14.4. The largest absolute Gasteiger partial charge is 0.395 e. The van der Waals surface area contributed by atoms with Gasteiger partial charge in [-0.15, -0.1) is 0 Å². The van der Waals surface area contributed by atoms with Crippen LogP contribution in [0.25, 0.3) is 5.57 Å². The Balaban J connectivity index is 2.16. The number of nitrogens with zero attached hydrogens (tertiary/aromatic N) is 2. The monoisotopic (exact) mass is 370 g/mol. The van der Waals surface area contributed by atoms with Crippen LogP contribution in [0.5, 0.6) is 0 Å². The van der Waals surface area contributed by atoms with Gasteiger partial charge in [0.05, 0.1) is 17.9 Å². The first kappa shape index (κ1) is 18.2. The molecule has 1 heterocycles. The van der Waals surface area contributed by atoms with Gasteiger partial charge in [0.2, 0.25) is 0 Å². The number of rotatable bonds is 5. The molecule has 0 radical (unpaired) electrons. The van der Waals surface area contributed by atoms with E-state index in [0.29, 0.717) is 21.8 Å². The van der Waals surface area contributed by atoms with Gasteiger partial charge in [-0.25, -0.2) is 4.90 Å². The Bertz CT molecular complexity index is 893. The van der Waals surface area contributed by atoms with Crippen molar-refractivity contribution < 1.29 is 14.7 Å². The van der Waals surface area contributed by atoms with E-state index in [1.807, 2.05) is 25.1 Å². The van der Waals surface area contributed by atoms with E-state index in [-0.39, 0.29) is 18.8 Å². The molecule has 1 aliphatic heterocycles. The van der Waals surface area contributed by atoms with Crippen LogP contribution in [0.15, 0.2) is 54.2 Å². The number of hydrogen-bond donors (Lipinski definition) is 1. The zero-order valence-electron chi connectivity index (χ0n) is 14.6. The summed E-state index contributed by atoms with van der Waals surface area (Å²) >= 11 is 6.09. The van der Waals surface area contributed by atoms with Gasteiger partial charge in [0.15, 0.2) is 0 Å². The minimum atomic E-state index is -0.421. The van der Waals surface area contributed by atoms with E-state index in [1.165, 1.54) is 0 Å². The first-order valence-electron chi connectivity index (χ1n) is 8.22. The first-order valence-corrected chi connectivity index (χ1v) is 8.60. The second-order valence-electron chi connectivity index (χ2n) is 6.11. The van der Waals surface area contributed by atoms with Crippen LogP contribution in [0.3, 0.4) is 0 Å². The molecule has 0 aliphatic carbocycles. The molecule has 6 heteroatoms. The van der Waals surface area contributed by atoms with Crippen molar-refractivity contribution in [2.75, 3.05) is 25.1 Å². The fourth-order valence-corrected chi connectivity index (χ4v) is 3.21. The second-order valence-corrected chi connectivity index (χ2v) is 6.55. The third-order valence-corrected chi connectivity index (χ3v) is 4.59. The summed E-state index contributed by atoms with van der Waals surface area (Å²) in [5, 5.41) is 9.73. The Morgan fingerprint density at radius 2 is 1.77 bits per heavy atom. The fourth-order valence-electron chi connectivity index (χ4n) is 3.04. The Kier molecular flexibility index (Phi) is 5.11. The number of hydrogen-bond acceptors (Lipinski definition) is 4. The van der Waals surface area contributed by atoms with E-state index in [1.54, 1.807) is 42.3 Å². The van der Waals surface area contributed by atoms with Gasteiger partial charge >= 0.3 is 0 Å². The molecule has 2 amide bonds. The molecule has 0 atom stereocenters. The van der Waals surface area contributed by atoms with Gasteiger partial charge in [-0.1, -0.05) is 48.0 Å². The lowest BCUT2D eigenvalue weighted by atomic mass is 10.0. The number of likely N-dealkylation sites (N-methyl/N-ethyl adjacent to an activating group) is 1. The predicted octanol–water partition coefficient (Wildman–Crippen LogP) is 2.86. The topological polar surface area (TPSA) is 60.9 Å². The quantitative estimate of drug-likeness (QED) is 0.822. The molecule has 0 unspecified atom stereocenters. The molecule has 3 rings (SSSR count). The number of carbonyl (C=O) groups excluding carboxylic acids is 2. The third-order valence-electron chi connectivity index (χ3n) is 4.35. The van der Waals surface area contributed by atoms with E-state index in [0.717, 1.165) is 10.5 Å². The zero-order valence-corrected chi connectivity index (χ0v) is 15.3. The lowest BCUT2D eigenvalue weighted by molar-refractivity contribution is -0.120. The van der Waals surface area contributed by atoms with E-state index >= 15 is 0 Å². The molecule has 1 N–H and O–H groups in total. The van der Waals surface area contributed by atoms with E-state index in [2.05, 4.69) is 0 Å². The molecular weight excluding hydrogens is 352 g/mol. The van der Waals surface area contributed by atoms with Crippen LogP contribution in [0.1, 0.15) is 11.1 Å². The standard InChI is InChI=1S/C20H19ClN2O3/c1-13-8-9-15(21)12-16(13)23-19(25)17(14-6-4-3-5-7-14)18(20(23)26)22(2)10-11-24/h3-9,12,24H,10-11H2,1-2H3. The van der Waals surface area contributed by atoms with Crippen LogP contribution in [-0.2, 0) is 9.59 Å². The summed E-state index contributed by atoms with van der Waals surface area (Å²) in [6, 6.07) is 14.2. The van der Waals surface area contributed by atoms with Gasteiger partial charge < -0.3 is 10.0 Å². The van der Waals surface area contributed by atoms with Crippen LogP contribution in [-0.4, -0.2) is 42.0 Å². The number of imide groups is 1. The first-order chi connectivity index (χ1) is 12.5. The fraction of sp³-hybridized carbons (Fsp3) is 0.200. The molecule has 0 bridgehead atoms. The summed E-state index contributed by atoms with van der Waals surface area (Å²) in [7, 11) is 1.69. The SMILES string of the molecule is Cc1ccc(Cl)cc1N1C(=O)C(c2ccccc2)=C(N(C)CCO)C1=O. The molecular formula is C20H19ClN2O3. The van der Waals surface area contributed by atoms with E-state index < -0.39 is 11.8 Å². The molecule has 0 aromatic heterocycles. The summed E-state index contributed by atoms with van der Waals surface area (Å²) in [5.74, 6) is -0.818. The van der Waals surface area contributed by atoms with Crippen molar-refractivity contribution in [3.63, 3.8) is 0 Å². The summed E-state index contributed by atoms with van der Waals surface area (Å²) in [4.78, 5) is 29.1. The van der Waals surface area contributed by atoms with E-state index in [4.69, 9.17) is 11.6 Å². The summed E-state index contributed by atoms with van der Waals surface area (Å²) in [5.41, 5.74) is 2.50. The minimum absolute atomic E-state index is 0.125. The molecule has 2 aromatic carbocycles. The number of aliphatic hydroxyl groups excluding tert-OH is 1. The van der Waals surface area contributed by atoms with Gasteiger partial charge in [0, 0.05) is 18.6 Å². The number of amides is 2. The van der Waals surface area contributed by atoms with Crippen molar-refractivity contribution in [3.05, 3.63) is 70.4 Å². The molecule has 0 spiro atoms. The van der Waals surface area contributed by atoms with Crippen LogP contribution in [0.2, 0.25) is 5.02 Å². The number of anilines is 1. The smallest absolute Gasteiger partial charge is 0.282 e. The molecule has 26 heavy (non-hydrogen) atoms. The summed E-state index contributed by atoms with van der Waals surface area (Å²) in [6.07, 6.45) is 0. The number of halogens is 1. The highest BCUT2D eigenvalue weighted by Crippen LogP contribution is 2.36. The minimum Gasteiger partial charge on any atom is -0.395 e. The van der Waals surface area contributed by atoms with E-state index in [9.17, 15) is 14.7 Å². The number of aryl methyl sites for hydroxylation is 1. The maximum atomic E-state index is 13.2. The van der Waals surface area contributed by atoms with Crippen LogP contribution >= 0.6 is 11.6 Å². The van der Waals surface area contributed by atoms with Crippen molar-refractivity contribution in [2.45, 2.75) is 6.92 Å². The summed E-state index contributed by atoms with van der Waals surface area (Å²) in [6.45, 7) is 1.94. The average molecular weight is 371 g/mol. The van der Waals surface area contributed by atoms with Crippen molar-refractivity contribution >= 4 is 34.7 Å². The Labute approximate surface area is 157 Å². The number of benzene rings is 2. The molecule has 5 nitrogen and oxygen atoms in total. The Hall–Kier alpha value is -2.63. The molecule has 134 valence electrons. The highest BCUT2D eigenvalue weighted by atomic mass is 35.5. The summed E-state index contributed by atoms with van der Waals surface area (Å²) < 4.78 is 0. The predicted molar refractivity (Wildman–Crippen MR) is 102 cm³/mol. The lowest BCUT2D eigenvalue weighted by Crippen LogP contribution is -2.35. The van der Waals surface area contributed by atoms with Crippen molar-refractivity contribution in [2.24, 2.45) is 0 Å². The van der Waals surface area contributed by atoms with Crippen molar-refractivity contribution in [3.8, 4) is 0 Å². The lowest BCUT2D eigenvalue weighted by Gasteiger charge is -2.21. The van der Waals surface area contributed by atoms with Crippen molar-refractivity contribution in [1.29, 1.82) is 0 Å². The number of aliphatic hydroxyl groups is 1. The van der Waals surface area contributed by atoms with Crippen LogP contribution in [0, 0.1) is 6.92 Å². The zero-order chi connectivity index (χ0) is 18.8. The second kappa shape index (κ2) is 7.32. The highest BCUT2D eigenvalue weighted by molar-refractivity contribution is 6.45. The highest BCUT2D eigenvalue weighted by Gasteiger charge is 2.42.